The summed E-state index contributed by atoms with van der Waals surface area (Å²) in [6.07, 6.45) is 5.54. The molecule has 0 unspecified atom stereocenters. The van der Waals surface area contributed by atoms with Crippen molar-refractivity contribution in [1.29, 1.82) is 0 Å². The van der Waals surface area contributed by atoms with Crippen molar-refractivity contribution in [3.8, 4) is 0 Å². The van der Waals surface area contributed by atoms with Crippen molar-refractivity contribution in [3.63, 3.8) is 0 Å². The van der Waals surface area contributed by atoms with Crippen LogP contribution in [-0.4, -0.2) is 16.7 Å². The van der Waals surface area contributed by atoms with Gasteiger partial charge in [-0.2, -0.15) is 0 Å². The van der Waals surface area contributed by atoms with Gasteiger partial charge < -0.3 is 9.73 Å². The molecule has 1 aromatic heterocycles. The lowest BCUT2D eigenvalue weighted by Crippen LogP contribution is -2.21. The molecule has 1 heterocycles. The second kappa shape index (κ2) is 4.55. The Morgan fingerprint density at radius 2 is 2.29 bits per heavy atom. The quantitative estimate of drug-likeness (QED) is 0.726. The fourth-order valence-electron chi connectivity index (χ4n) is 1.69. The zero-order valence-electron chi connectivity index (χ0n) is 8.62. The Morgan fingerprint density at radius 3 is 2.86 bits per heavy atom. The summed E-state index contributed by atoms with van der Waals surface area (Å²) in [5.41, 5.74) is 0. The zero-order chi connectivity index (χ0) is 9.80. The van der Waals surface area contributed by atoms with Crippen LogP contribution >= 0.6 is 0 Å². The highest BCUT2D eigenvalue weighted by Crippen LogP contribution is 2.28. The predicted octanol–water partition coefficient (Wildman–Crippen LogP) is 1.66. The predicted molar refractivity (Wildman–Crippen MR) is 52.7 cm³/mol. The van der Waals surface area contributed by atoms with Gasteiger partial charge in [0, 0.05) is 6.92 Å². The van der Waals surface area contributed by atoms with Crippen LogP contribution in [0.1, 0.15) is 37.5 Å². The second-order valence-corrected chi connectivity index (χ2v) is 3.98. The maximum Gasteiger partial charge on any atom is 0.230 e. The van der Waals surface area contributed by atoms with Gasteiger partial charge in [0.15, 0.2) is 0 Å². The number of hydrogen-bond donors (Lipinski definition) is 1. The number of rotatable bonds is 5. The molecular formula is C10H17N3O. The first-order valence-electron chi connectivity index (χ1n) is 5.34. The van der Waals surface area contributed by atoms with Gasteiger partial charge in [-0.3, -0.25) is 0 Å². The van der Waals surface area contributed by atoms with E-state index < -0.39 is 0 Å². The van der Waals surface area contributed by atoms with Crippen molar-refractivity contribution in [2.75, 3.05) is 6.54 Å². The van der Waals surface area contributed by atoms with Crippen molar-refractivity contribution in [2.24, 2.45) is 5.92 Å². The van der Waals surface area contributed by atoms with Gasteiger partial charge in [-0.15, -0.1) is 10.2 Å². The standard InChI is InChI=1S/C10H17N3O/c1-8-12-13-10(14-8)7-11-6-5-9-3-2-4-9/h9,11H,2-7H2,1H3. The number of nitrogens with one attached hydrogen (secondary N) is 1. The van der Waals surface area contributed by atoms with Gasteiger partial charge in [-0.25, -0.2) is 0 Å². The van der Waals surface area contributed by atoms with E-state index in [1.807, 2.05) is 6.92 Å². The van der Waals surface area contributed by atoms with E-state index in [1.165, 1.54) is 25.7 Å². The van der Waals surface area contributed by atoms with E-state index in [0.717, 1.165) is 12.5 Å². The molecular weight excluding hydrogens is 178 g/mol. The minimum atomic E-state index is 0.640. The Kier molecular flexibility index (Phi) is 3.14. The highest BCUT2D eigenvalue weighted by Gasteiger charge is 2.16. The summed E-state index contributed by atoms with van der Waals surface area (Å²) >= 11 is 0. The van der Waals surface area contributed by atoms with Gasteiger partial charge in [-0.1, -0.05) is 19.3 Å². The molecule has 0 radical (unpaired) electrons. The van der Waals surface area contributed by atoms with Crippen molar-refractivity contribution in [1.82, 2.24) is 15.5 Å². The second-order valence-electron chi connectivity index (χ2n) is 3.98. The Labute approximate surface area is 84.1 Å². The van der Waals surface area contributed by atoms with Gasteiger partial charge in [-0.05, 0) is 18.9 Å². The Morgan fingerprint density at radius 1 is 1.43 bits per heavy atom. The molecule has 0 aliphatic heterocycles. The van der Waals surface area contributed by atoms with Crippen molar-refractivity contribution < 1.29 is 4.42 Å². The van der Waals surface area contributed by atoms with Crippen LogP contribution in [0.3, 0.4) is 0 Å². The highest BCUT2D eigenvalue weighted by atomic mass is 16.4. The van der Waals surface area contributed by atoms with Crippen LogP contribution in [0.2, 0.25) is 0 Å². The average molecular weight is 195 g/mol. The third-order valence-electron chi connectivity index (χ3n) is 2.80. The van der Waals surface area contributed by atoms with Crippen molar-refractivity contribution in [3.05, 3.63) is 11.8 Å². The molecule has 2 rings (SSSR count). The van der Waals surface area contributed by atoms with Crippen LogP contribution in [0.5, 0.6) is 0 Å². The first kappa shape index (κ1) is 9.65. The summed E-state index contributed by atoms with van der Waals surface area (Å²) in [4.78, 5) is 0. The van der Waals surface area contributed by atoms with Crippen LogP contribution in [0, 0.1) is 12.8 Å². The molecule has 1 N–H and O–H groups in total. The van der Waals surface area contributed by atoms with Crippen LogP contribution in [0.4, 0.5) is 0 Å². The van der Waals surface area contributed by atoms with E-state index in [0.29, 0.717) is 18.3 Å². The molecule has 0 saturated heterocycles. The number of aryl methyl sites for hydroxylation is 1. The number of nitrogens with zero attached hydrogens (tertiary/aromatic N) is 2. The monoisotopic (exact) mass is 195 g/mol. The lowest BCUT2D eigenvalue weighted by Gasteiger charge is -2.24. The summed E-state index contributed by atoms with van der Waals surface area (Å²) in [6.45, 7) is 3.57. The average Bonchev–Trinajstić information content (AvgIpc) is 2.48. The summed E-state index contributed by atoms with van der Waals surface area (Å²) in [6, 6.07) is 0. The van der Waals surface area contributed by atoms with E-state index in [-0.39, 0.29) is 0 Å². The Balaban J connectivity index is 1.58. The smallest absolute Gasteiger partial charge is 0.230 e. The molecule has 1 aliphatic rings. The minimum absolute atomic E-state index is 0.640. The molecule has 4 heteroatoms. The van der Waals surface area contributed by atoms with Crippen LogP contribution < -0.4 is 5.32 Å². The first-order valence-corrected chi connectivity index (χ1v) is 5.34. The Bertz CT molecular complexity index is 281. The van der Waals surface area contributed by atoms with Gasteiger partial charge in [0.2, 0.25) is 11.8 Å². The fourth-order valence-corrected chi connectivity index (χ4v) is 1.69. The van der Waals surface area contributed by atoms with Crippen LogP contribution in [0.15, 0.2) is 4.42 Å². The third-order valence-corrected chi connectivity index (χ3v) is 2.80. The number of hydrogen-bond acceptors (Lipinski definition) is 4. The van der Waals surface area contributed by atoms with E-state index in [9.17, 15) is 0 Å². The SMILES string of the molecule is Cc1nnc(CNCCC2CCC2)o1. The molecule has 1 aliphatic carbocycles. The number of aromatic nitrogens is 2. The minimum Gasteiger partial charge on any atom is -0.424 e. The van der Waals surface area contributed by atoms with E-state index in [1.54, 1.807) is 0 Å². The molecule has 0 amide bonds. The van der Waals surface area contributed by atoms with Gasteiger partial charge in [0.25, 0.3) is 0 Å². The van der Waals surface area contributed by atoms with E-state index >= 15 is 0 Å². The van der Waals surface area contributed by atoms with E-state index in [4.69, 9.17) is 4.42 Å². The molecule has 1 aromatic rings. The molecule has 78 valence electrons. The first-order chi connectivity index (χ1) is 6.84. The molecule has 0 atom stereocenters. The van der Waals surface area contributed by atoms with Crippen LogP contribution in [0.25, 0.3) is 0 Å². The largest absolute Gasteiger partial charge is 0.424 e. The molecule has 1 saturated carbocycles. The zero-order valence-corrected chi connectivity index (χ0v) is 8.62. The summed E-state index contributed by atoms with van der Waals surface area (Å²) in [5, 5.41) is 11.0. The third kappa shape index (κ3) is 2.54. The lowest BCUT2D eigenvalue weighted by molar-refractivity contribution is 0.290. The molecule has 4 nitrogen and oxygen atoms in total. The maximum atomic E-state index is 5.25. The molecule has 14 heavy (non-hydrogen) atoms. The molecule has 1 fully saturated rings. The van der Waals surface area contributed by atoms with Crippen LogP contribution in [-0.2, 0) is 6.54 Å². The molecule has 0 spiro atoms. The summed E-state index contributed by atoms with van der Waals surface area (Å²) in [7, 11) is 0. The normalized spacial score (nSPS) is 16.9. The molecule has 0 bridgehead atoms. The summed E-state index contributed by atoms with van der Waals surface area (Å²) in [5.74, 6) is 2.30. The lowest BCUT2D eigenvalue weighted by atomic mass is 9.83. The fraction of sp³-hybridized carbons (Fsp3) is 0.800. The van der Waals surface area contributed by atoms with Gasteiger partial charge in [0.05, 0.1) is 6.54 Å². The topological polar surface area (TPSA) is 51.0 Å². The maximum absolute atomic E-state index is 5.25. The van der Waals surface area contributed by atoms with Gasteiger partial charge >= 0.3 is 0 Å². The Hall–Kier alpha value is -0.900. The summed E-state index contributed by atoms with van der Waals surface area (Å²) < 4.78 is 5.25. The van der Waals surface area contributed by atoms with Gasteiger partial charge in [0.1, 0.15) is 0 Å². The van der Waals surface area contributed by atoms with Crippen molar-refractivity contribution in [2.45, 2.75) is 39.2 Å². The van der Waals surface area contributed by atoms with Crippen molar-refractivity contribution >= 4 is 0 Å². The molecule has 0 aromatic carbocycles. The highest BCUT2D eigenvalue weighted by molar-refractivity contribution is 4.78. The van der Waals surface area contributed by atoms with E-state index in [2.05, 4.69) is 15.5 Å².